The molecule has 36 heavy (non-hydrogen) atoms. The number of carboxylic acids is 1. The SMILES string of the molecule is COc1cc2c(cc1C(=O)O)nc(Cc1ccc(OC(F)(F)F)cc1)n2C[C@@H]1C[C@H](C)CC(C)(C)C1. The number of nitrogens with zero attached hydrogens (tertiary/aromatic N) is 2. The number of rotatable bonds is 7. The molecule has 0 amide bonds. The summed E-state index contributed by atoms with van der Waals surface area (Å²) in [6, 6.07) is 8.97. The second-order valence-electron chi connectivity index (χ2n) is 10.6. The van der Waals surface area contributed by atoms with Crippen LogP contribution in [0.4, 0.5) is 13.2 Å². The third-order valence-electron chi connectivity index (χ3n) is 6.82. The molecule has 1 aliphatic carbocycles. The Morgan fingerprint density at radius 2 is 1.89 bits per heavy atom. The van der Waals surface area contributed by atoms with Gasteiger partial charge in [-0.25, -0.2) is 9.78 Å². The van der Waals surface area contributed by atoms with E-state index in [1.165, 1.54) is 31.7 Å². The monoisotopic (exact) mass is 504 g/mol. The predicted octanol–water partition coefficient (Wildman–Crippen LogP) is 6.69. The Balaban J connectivity index is 1.73. The zero-order valence-corrected chi connectivity index (χ0v) is 20.9. The topological polar surface area (TPSA) is 73.6 Å². The van der Waals surface area contributed by atoms with Crippen LogP contribution in [-0.2, 0) is 13.0 Å². The van der Waals surface area contributed by atoms with Crippen LogP contribution in [0.1, 0.15) is 61.8 Å². The normalized spacial score (nSPS) is 19.9. The molecule has 2 aromatic carbocycles. The molecular formula is C27H31F3N2O4. The van der Waals surface area contributed by atoms with Gasteiger partial charge >= 0.3 is 12.3 Å². The van der Waals surface area contributed by atoms with Crippen LogP contribution in [0.25, 0.3) is 11.0 Å². The average Bonchev–Trinajstić information content (AvgIpc) is 3.07. The van der Waals surface area contributed by atoms with Crippen LogP contribution in [0.3, 0.4) is 0 Å². The van der Waals surface area contributed by atoms with Crippen molar-refractivity contribution in [3.05, 3.63) is 53.3 Å². The molecule has 1 aromatic heterocycles. The van der Waals surface area contributed by atoms with E-state index < -0.39 is 12.3 Å². The van der Waals surface area contributed by atoms with E-state index in [0.29, 0.717) is 30.3 Å². The van der Waals surface area contributed by atoms with Crippen molar-refractivity contribution in [2.24, 2.45) is 17.3 Å². The van der Waals surface area contributed by atoms with Gasteiger partial charge in [0.1, 0.15) is 22.9 Å². The fourth-order valence-corrected chi connectivity index (χ4v) is 5.81. The largest absolute Gasteiger partial charge is 0.573 e. The van der Waals surface area contributed by atoms with Crippen LogP contribution in [-0.4, -0.2) is 34.1 Å². The molecule has 3 aromatic rings. The number of methoxy groups -OCH3 is 1. The molecule has 0 saturated heterocycles. The second-order valence-corrected chi connectivity index (χ2v) is 10.6. The molecule has 0 aliphatic heterocycles. The molecule has 4 rings (SSSR count). The number of imidazole rings is 1. The van der Waals surface area contributed by atoms with Gasteiger partial charge in [-0.1, -0.05) is 32.9 Å². The Labute approximate surface area is 208 Å². The first-order valence-corrected chi connectivity index (χ1v) is 12.0. The summed E-state index contributed by atoms with van der Waals surface area (Å²) in [5.74, 6) is 0.588. The number of carbonyl (C=O) groups is 1. The Morgan fingerprint density at radius 1 is 1.19 bits per heavy atom. The van der Waals surface area contributed by atoms with E-state index in [2.05, 4.69) is 30.1 Å². The quantitative estimate of drug-likeness (QED) is 0.388. The van der Waals surface area contributed by atoms with Crippen molar-refractivity contribution in [3.8, 4) is 11.5 Å². The summed E-state index contributed by atoms with van der Waals surface area (Å²) in [5.41, 5.74) is 2.34. The summed E-state index contributed by atoms with van der Waals surface area (Å²) in [6.45, 7) is 7.56. The minimum atomic E-state index is -4.75. The van der Waals surface area contributed by atoms with Gasteiger partial charge in [-0.05, 0) is 60.3 Å². The molecule has 2 atom stereocenters. The summed E-state index contributed by atoms with van der Waals surface area (Å²) < 4.78 is 49.0. The zero-order valence-electron chi connectivity index (χ0n) is 20.9. The summed E-state index contributed by atoms with van der Waals surface area (Å²) in [6.07, 6.45) is -1.07. The van der Waals surface area contributed by atoms with E-state index in [4.69, 9.17) is 9.72 Å². The van der Waals surface area contributed by atoms with E-state index in [0.717, 1.165) is 29.7 Å². The molecule has 9 heteroatoms. The number of carboxylic acid groups (broad SMARTS) is 1. The highest BCUT2D eigenvalue weighted by Crippen LogP contribution is 2.43. The van der Waals surface area contributed by atoms with Crippen molar-refractivity contribution < 1.29 is 32.5 Å². The molecule has 1 heterocycles. The third kappa shape index (κ3) is 5.94. The molecule has 1 saturated carbocycles. The zero-order chi connectivity index (χ0) is 26.3. The average molecular weight is 505 g/mol. The molecule has 0 spiro atoms. The van der Waals surface area contributed by atoms with Crippen molar-refractivity contribution >= 4 is 17.0 Å². The van der Waals surface area contributed by atoms with Crippen molar-refractivity contribution in [2.45, 2.75) is 59.4 Å². The van der Waals surface area contributed by atoms with Gasteiger partial charge < -0.3 is 19.1 Å². The predicted molar refractivity (Wildman–Crippen MR) is 129 cm³/mol. The highest BCUT2D eigenvalue weighted by molar-refractivity contribution is 5.96. The van der Waals surface area contributed by atoms with Crippen molar-refractivity contribution in [3.63, 3.8) is 0 Å². The summed E-state index contributed by atoms with van der Waals surface area (Å²) in [4.78, 5) is 16.5. The summed E-state index contributed by atoms with van der Waals surface area (Å²) in [5, 5.41) is 9.62. The lowest BCUT2D eigenvalue weighted by Gasteiger charge is -2.39. The van der Waals surface area contributed by atoms with Gasteiger partial charge in [0, 0.05) is 19.0 Å². The number of halogens is 3. The number of alkyl halides is 3. The van der Waals surface area contributed by atoms with Gasteiger partial charge in [0.2, 0.25) is 0 Å². The van der Waals surface area contributed by atoms with E-state index in [1.807, 2.05) is 0 Å². The maximum absolute atomic E-state index is 12.5. The molecule has 0 radical (unpaired) electrons. The second kappa shape index (κ2) is 9.67. The number of aromatic nitrogens is 2. The maximum atomic E-state index is 12.5. The first-order chi connectivity index (χ1) is 16.8. The summed E-state index contributed by atoms with van der Waals surface area (Å²) in [7, 11) is 1.44. The van der Waals surface area contributed by atoms with Crippen LogP contribution < -0.4 is 9.47 Å². The number of hydrogen-bond acceptors (Lipinski definition) is 4. The van der Waals surface area contributed by atoms with Gasteiger partial charge in [0.25, 0.3) is 0 Å². The molecule has 6 nitrogen and oxygen atoms in total. The van der Waals surface area contributed by atoms with Crippen molar-refractivity contribution in [2.75, 3.05) is 7.11 Å². The Hall–Kier alpha value is -3.23. The number of benzene rings is 2. The standard InChI is InChI=1S/C27H31F3N2O4/c1-16-9-18(14-26(2,3)13-16)15-32-22-12-23(35-4)20(25(33)34)11-21(22)31-24(32)10-17-5-7-19(8-6-17)36-27(28,29)30/h5-8,11-12,16,18H,9-10,13-15H2,1-4H3,(H,33,34)/t16-,18+/m0/s1. The third-order valence-corrected chi connectivity index (χ3v) is 6.82. The molecule has 0 bridgehead atoms. The van der Waals surface area contributed by atoms with Gasteiger partial charge in [-0.15, -0.1) is 13.2 Å². The number of aromatic carboxylic acids is 1. The van der Waals surface area contributed by atoms with Crippen LogP contribution in [0, 0.1) is 17.3 Å². The number of fused-ring (bicyclic) bond motifs is 1. The maximum Gasteiger partial charge on any atom is 0.573 e. The fraction of sp³-hybridized carbons (Fsp3) is 0.481. The molecule has 0 unspecified atom stereocenters. The molecule has 194 valence electrons. The first-order valence-electron chi connectivity index (χ1n) is 12.0. The lowest BCUT2D eigenvalue weighted by Crippen LogP contribution is -2.30. The van der Waals surface area contributed by atoms with Gasteiger partial charge in [-0.2, -0.15) is 0 Å². The molecular weight excluding hydrogens is 473 g/mol. The number of hydrogen-bond donors (Lipinski definition) is 1. The van der Waals surface area contributed by atoms with Crippen molar-refractivity contribution in [1.82, 2.24) is 9.55 Å². The Bertz CT molecular complexity index is 1250. The molecule has 1 aliphatic rings. The van der Waals surface area contributed by atoms with Crippen LogP contribution in [0.5, 0.6) is 11.5 Å². The minimum absolute atomic E-state index is 0.0299. The van der Waals surface area contributed by atoms with Gasteiger partial charge in [0.15, 0.2) is 0 Å². The van der Waals surface area contributed by atoms with E-state index in [9.17, 15) is 23.1 Å². The summed E-state index contributed by atoms with van der Waals surface area (Å²) >= 11 is 0. The number of ether oxygens (including phenoxy) is 2. The van der Waals surface area contributed by atoms with Crippen LogP contribution in [0.15, 0.2) is 36.4 Å². The Kier molecular flexibility index (Phi) is 6.94. The lowest BCUT2D eigenvalue weighted by atomic mass is 9.68. The lowest BCUT2D eigenvalue weighted by molar-refractivity contribution is -0.274. The first kappa shape index (κ1) is 25.9. The highest BCUT2D eigenvalue weighted by Gasteiger charge is 2.33. The smallest absolute Gasteiger partial charge is 0.496 e. The van der Waals surface area contributed by atoms with Crippen molar-refractivity contribution in [1.29, 1.82) is 0 Å². The van der Waals surface area contributed by atoms with E-state index in [-0.39, 0.29) is 22.5 Å². The fourth-order valence-electron chi connectivity index (χ4n) is 5.81. The minimum Gasteiger partial charge on any atom is -0.496 e. The van der Waals surface area contributed by atoms with Crippen LogP contribution >= 0.6 is 0 Å². The molecule has 1 N–H and O–H groups in total. The van der Waals surface area contributed by atoms with E-state index >= 15 is 0 Å². The van der Waals surface area contributed by atoms with E-state index in [1.54, 1.807) is 18.2 Å². The Morgan fingerprint density at radius 3 is 2.47 bits per heavy atom. The highest BCUT2D eigenvalue weighted by atomic mass is 19.4. The van der Waals surface area contributed by atoms with Gasteiger partial charge in [0.05, 0.1) is 18.1 Å². The van der Waals surface area contributed by atoms with Crippen LogP contribution in [0.2, 0.25) is 0 Å². The molecule has 1 fully saturated rings. The van der Waals surface area contributed by atoms with Gasteiger partial charge in [-0.3, -0.25) is 0 Å².